The molecular formula is C36H48ClN7O2. The topological polar surface area (TPSA) is 80.3 Å². The number of nitrogens with zero attached hydrogens (tertiary/aromatic N) is 6. The Hall–Kier alpha value is -3.14. The van der Waals surface area contributed by atoms with Gasteiger partial charge in [-0.1, -0.05) is 24.1 Å². The highest BCUT2D eigenvalue weighted by Gasteiger charge is 2.39. The maximum absolute atomic E-state index is 13.2. The van der Waals surface area contributed by atoms with Crippen LogP contribution in [0.25, 0.3) is 22.0 Å². The Morgan fingerprint density at radius 2 is 1.91 bits per heavy atom. The molecule has 5 atom stereocenters. The standard InChI is InChI=1S/C36H48ClN7O2/c1-22-11-14-31-29(17-39-40-31)32(22)33-30(37)16-28(36(38-4)43-19-23(2)41(5)18-24(43)3)34-35(33)46-20-27(44(34)21-45)10-7-15-42-25-8-6-9-26(42)13-12-25/h11,14,16-17,21,23-27H,6-10,12-13,15,18-20H2,1-5H3,(H,39,40)/t23-,24+,25?,26?,27+/m1/s1. The van der Waals surface area contributed by atoms with E-state index in [-0.39, 0.29) is 12.1 Å². The summed E-state index contributed by atoms with van der Waals surface area (Å²) < 4.78 is 6.79. The van der Waals surface area contributed by atoms with Crippen molar-refractivity contribution in [3.63, 3.8) is 0 Å². The number of likely N-dealkylation sites (N-methyl/N-ethyl adjacent to an activating group) is 1. The summed E-state index contributed by atoms with van der Waals surface area (Å²) in [7, 11) is 4.02. The number of halogens is 1. The van der Waals surface area contributed by atoms with Crippen LogP contribution in [0, 0.1) is 6.92 Å². The molecule has 1 aromatic heterocycles. The van der Waals surface area contributed by atoms with Crippen molar-refractivity contribution in [1.29, 1.82) is 0 Å². The van der Waals surface area contributed by atoms with Gasteiger partial charge in [0.25, 0.3) is 0 Å². The second-order valence-corrected chi connectivity index (χ2v) is 14.5. The second kappa shape index (κ2) is 12.8. The summed E-state index contributed by atoms with van der Waals surface area (Å²) in [6.45, 7) is 9.83. The fraction of sp³-hybridized carbons (Fsp3) is 0.583. The van der Waals surface area contributed by atoms with E-state index in [1.807, 2.05) is 30.3 Å². The van der Waals surface area contributed by atoms with Crippen molar-refractivity contribution >= 4 is 40.4 Å². The van der Waals surface area contributed by atoms with E-state index in [9.17, 15) is 4.79 Å². The van der Waals surface area contributed by atoms with Crippen LogP contribution in [0.5, 0.6) is 5.75 Å². The minimum Gasteiger partial charge on any atom is -0.488 e. The molecule has 4 aliphatic heterocycles. The van der Waals surface area contributed by atoms with Gasteiger partial charge in [0.1, 0.15) is 12.4 Å². The molecule has 10 heteroatoms. The number of H-pyrrole nitrogens is 1. The number of aliphatic imine (C=N–C) groups is 1. The number of aryl methyl sites for hydroxylation is 1. The molecule has 0 spiro atoms. The number of carbonyl (C=O) groups excluding carboxylic acids is 1. The quantitative estimate of drug-likeness (QED) is 0.190. The molecule has 246 valence electrons. The summed E-state index contributed by atoms with van der Waals surface area (Å²) in [5.74, 6) is 1.49. The van der Waals surface area contributed by atoms with Gasteiger partial charge in [0.2, 0.25) is 6.41 Å². The first-order valence-corrected chi connectivity index (χ1v) is 17.5. The average molecular weight is 646 g/mol. The van der Waals surface area contributed by atoms with Gasteiger partial charge in [-0.05, 0) is 90.6 Å². The van der Waals surface area contributed by atoms with Gasteiger partial charge >= 0.3 is 0 Å². The van der Waals surface area contributed by atoms with Crippen molar-refractivity contribution in [1.82, 2.24) is 24.9 Å². The van der Waals surface area contributed by atoms with E-state index in [0.29, 0.717) is 23.4 Å². The Balaban J connectivity index is 1.31. The Bertz CT molecular complexity index is 1620. The lowest BCUT2D eigenvalue weighted by molar-refractivity contribution is -0.108. The molecule has 2 unspecified atom stereocenters. The molecular weight excluding hydrogens is 598 g/mol. The van der Waals surface area contributed by atoms with Gasteiger partial charge in [0.05, 0.1) is 28.5 Å². The molecule has 7 rings (SSSR count). The third kappa shape index (κ3) is 5.38. The highest BCUT2D eigenvalue weighted by molar-refractivity contribution is 6.35. The first-order valence-electron chi connectivity index (χ1n) is 17.2. The normalized spacial score (nSPS) is 27.3. The molecule has 9 nitrogen and oxygen atoms in total. The summed E-state index contributed by atoms with van der Waals surface area (Å²) in [6.07, 6.45) is 11.5. The highest BCUT2D eigenvalue weighted by Crippen LogP contribution is 2.51. The van der Waals surface area contributed by atoms with Gasteiger partial charge in [0, 0.05) is 66.4 Å². The molecule has 1 N–H and O–H groups in total. The van der Waals surface area contributed by atoms with Crippen LogP contribution < -0.4 is 9.64 Å². The molecule has 0 radical (unpaired) electrons. The van der Waals surface area contributed by atoms with Crippen molar-refractivity contribution in [3.05, 3.63) is 40.5 Å². The van der Waals surface area contributed by atoms with Crippen LogP contribution in [0.3, 0.4) is 0 Å². The lowest BCUT2D eigenvalue weighted by Crippen LogP contribution is -2.57. The number of rotatable bonds is 7. The number of anilines is 1. The fourth-order valence-corrected chi connectivity index (χ4v) is 9.06. The van der Waals surface area contributed by atoms with Crippen LogP contribution in [-0.4, -0.2) is 108 Å². The molecule has 4 aliphatic rings. The second-order valence-electron chi connectivity index (χ2n) is 14.1. The molecule has 2 bridgehead atoms. The smallest absolute Gasteiger partial charge is 0.214 e. The van der Waals surface area contributed by atoms with E-state index >= 15 is 0 Å². The zero-order valence-corrected chi connectivity index (χ0v) is 28.7. The fourth-order valence-electron chi connectivity index (χ4n) is 8.78. The maximum atomic E-state index is 13.2. The van der Waals surface area contributed by atoms with E-state index in [1.54, 1.807) is 0 Å². The summed E-state index contributed by atoms with van der Waals surface area (Å²) in [4.78, 5) is 27.6. The number of hydrogen-bond donors (Lipinski definition) is 1. The number of amidine groups is 1. The molecule has 5 heterocycles. The van der Waals surface area contributed by atoms with Crippen LogP contribution in [-0.2, 0) is 4.79 Å². The van der Waals surface area contributed by atoms with Crippen molar-refractivity contribution in [2.75, 3.05) is 45.2 Å². The van der Waals surface area contributed by atoms with Crippen molar-refractivity contribution in [2.24, 2.45) is 4.99 Å². The lowest BCUT2D eigenvalue weighted by Gasteiger charge is -2.45. The Morgan fingerprint density at radius 1 is 1.13 bits per heavy atom. The maximum Gasteiger partial charge on any atom is 0.214 e. The molecule has 1 amide bonds. The molecule has 3 saturated heterocycles. The molecule has 3 fully saturated rings. The lowest BCUT2D eigenvalue weighted by atomic mass is 9.91. The number of benzene rings is 2. The Kier molecular flexibility index (Phi) is 8.76. The summed E-state index contributed by atoms with van der Waals surface area (Å²) in [5.41, 5.74) is 5.38. The minimum atomic E-state index is -0.0759. The van der Waals surface area contributed by atoms with E-state index in [0.717, 1.165) is 95.6 Å². The van der Waals surface area contributed by atoms with Crippen LogP contribution in [0.15, 0.2) is 29.4 Å². The molecule has 2 aromatic carbocycles. The van der Waals surface area contributed by atoms with Crippen LogP contribution in [0.2, 0.25) is 5.02 Å². The van der Waals surface area contributed by atoms with E-state index < -0.39 is 0 Å². The Labute approximate surface area is 277 Å². The van der Waals surface area contributed by atoms with Crippen molar-refractivity contribution in [2.45, 2.75) is 95.9 Å². The van der Waals surface area contributed by atoms with Crippen molar-refractivity contribution in [3.8, 4) is 16.9 Å². The predicted octanol–water partition coefficient (Wildman–Crippen LogP) is 6.11. The van der Waals surface area contributed by atoms with Crippen LogP contribution in [0.1, 0.15) is 69.9 Å². The zero-order chi connectivity index (χ0) is 32.1. The monoisotopic (exact) mass is 645 g/mol. The number of amides is 1. The predicted molar refractivity (Wildman–Crippen MR) is 186 cm³/mol. The van der Waals surface area contributed by atoms with Crippen LogP contribution in [0.4, 0.5) is 5.69 Å². The van der Waals surface area contributed by atoms with E-state index in [2.05, 4.69) is 58.8 Å². The third-order valence-electron chi connectivity index (χ3n) is 11.3. The van der Waals surface area contributed by atoms with E-state index in [4.69, 9.17) is 21.3 Å². The number of hydrogen-bond acceptors (Lipinski definition) is 6. The first kappa shape index (κ1) is 31.5. The number of aromatic nitrogens is 2. The Morgan fingerprint density at radius 3 is 2.65 bits per heavy atom. The largest absolute Gasteiger partial charge is 0.488 e. The SMILES string of the molecule is CN=C(c1cc(Cl)c(-c2c(C)ccc3[nH]ncc23)c2c1N(C=O)[C@@H](CCCN1C3CCCC1CC3)CO2)N1C[C@@H](C)N(C)C[C@@H]1C. The average Bonchev–Trinajstić information content (AvgIpc) is 3.60. The van der Waals surface area contributed by atoms with Crippen LogP contribution >= 0.6 is 11.6 Å². The number of carbonyl (C=O) groups is 1. The molecule has 0 aliphatic carbocycles. The third-order valence-corrected chi connectivity index (χ3v) is 11.6. The first-order chi connectivity index (χ1) is 22.3. The summed E-state index contributed by atoms with van der Waals surface area (Å²) in [5, 5.41) is 8.99. The van der Waals surface area contributed by atoms with Gasteiger partial charge < -0.3 is 14.5 Å². The van der Waals surface area contributed by atoms with Crippen molar-refractivity contribution < 1.29 is 9.53 Å². The number of piperidine rings is 1. The van der Waals surface area contributed by atoms with Gasteiger partial charge in [-0.3, -0.25) is 24.7 Å². The van der Waals surface area contributed by atoms with Gasteiger partial charge in [-0.2, -0.15) is 5.10 Å². The van der Waals surface area contributed by atoms with Gasteiger partial charge in [-0.25, -0.2) is 0 Å². The number of nitrogens with one attached hydrogen (secondary N) is 1. The minimum absolute atomic E-state index is 0.0759. The number of piperazine rings is 1. The number of aromatic amines is 1. The molecule has 46 heavy (non-hydrogen) atoms. The summed E-state index contributed by atoms with van der Waals surface area (Å²) in [6, 6.07) is 8.13. The highest BCUT2D eigenvalue weighted by atomic mass is 35.5. The van der Waals surface area contributed by atoms with Gasteiger partial charge in [-0.15, -0.1) is 0 Å². The van der Waals surface area contributed by atoms with E-state index in [1.165, 1.54) is 32.1 Å². The number of fused-ring (bicyclic) bond motifs is 4. The molecule has 3 aromatic rings. The number of ether oxygens (including phenoxy) is 1. The summed E-state index contributed by atoms with van der Waals surface area (Å²) >= 11 is 7.29. The van der Waals surface area contributed by atoms with Gasteiger partial charge in [0.15, 0.2) is 5.75 Å². The zero-order valence-electron chi connectivity index (χ0n) is 27.9. The molecule has 0 saturated carbocycles.